The minimum absolute atomic E-state index is 0.0398. The van der Waals surface area contributed by atoms with Crippen LogP contribution >= 0.6 is 0 Å². The van der Waals surface area contributed by atoms with Crippen LogP contribution in [0.3, 0.4) is 0 Å². The van der Waals surface area contributed by atoms with Gasteiger partial charge in [-0.05, 0) is 54.5 Å². The van der Waals surface area contributed by atoms with Crippen molar-refractivity contribution in [3.63, 3.8) is 0 Å². The molecule has 1 atom stereocenters. The standard InChI is InChI=1S/C29H30N4O6/c1-38-24-13-18-12-22(30-21(18)14-25(24)39-2)29(37)32-9-7-16(8-10-32)17-3-4-20-19(11-17)15-33(28(20)36)23-5-6-26(34)31-27(23)35/h3-4,11-14,16,23,30H,5-10,15H2,1-2H3,(H,31,34,35). The Kier molecular flexibility index (Phi) is 6.25. The number of hydrogen-bond acceptors (Lipinski definition) is 6. The highest BCUT2D eigenvalue weighted by Gasteiger charge is 2.39. The van der Waals surface area contributed by atoms with E-state index >= 15 is 0 Å². The number of aromatic nitrogens is 1. The van der Waals surface area contributed by atoms with Crippen molar-refractivity contribution in [2.24, 2.45) is 0 Å². The summed E-state index contributed by atoms with van der Waals surface area (Å²) >= 11 is 0. The van der Waals surface area contributed by atoms with Gasteiger partial charge in [-0.15, -0.1) is 0 Å². The molecule has 1 aromatic heterocycles. The van der Waals surface area contributed by atoms with Crippen molar-refractivity contribution in [2.45, 2.75) is 44.2 Å². The van der Waals surface area contributed by atoms with E-state index < -0.39 is 11.9 Å². The minimum atomic E-state index is -0.618. The van der Waals surface area contributed by atoms with Gasteiger partial charge in [0, 0.05) is 48.6 Å². The number of fused-ring (bicyclic) bond motifs is 2. The molecule has 2 fully saturated rings. The van der Waals surface area contributed by atoms with Crippen molar-refractivity contribution < 1.29 is 28.7 Å². The molecule has 3 aliphatic heterocycles. The third-order valence-corrected chi connectivity index (χ3v) is 8.16. The molecule has 202 valence electrons. The summed E-state index contributed by atoms with van der Waals surface area (Å²) in [6, 6.07) is 10.8. The zero-order chi connectivity index (χ0) is 27.3. The molecule has 39 heavy (non-hydrogen) atoms. The Morgan fingerprint density at radius 1 is 0.949 bits per heavy atom. The lowest BCUT2D eigenvalue weighted by molar-refractivity contribution is -0.136. The van der Waals surface area contributed by atoms with Gasteiger partial charge in [-0.25, -0.2) is 0 Å². The maximum atomic E-state index is 13.3. The fourth-order valence-electron chi connectivity index (χ4n) is 6.01. The molecule has 3 aliphatic rings. The number of likely N-dealkylation sites (tertiary alicyclic amines) is 1. The minimum Gasteiger partial charge on any atom is -0.493 e. The smallest absolute Gasteiger partial charge is 0.270 e. The molecule has 6 rings (SSSR count). The maximum absolute atomic E-state index is 13.3. The molecule has 4 amide bonds. The van der Waals surface area contributed by atoms with E-state index in [2.05, 4.69) is 16.4 Å². The summed E-state index contributed by atoms with van der Waals surface area (Å²) < 4.78 is 10.7. The van der Waals surface area contributed by atoms with E-state index in [1.165, 1.54) is 0 Å². The monoisotopic (exact) mass is 530 g/mol. The Bertz CT molecular complexity index is 1460. The molecule has 3 aromatic rings. The lowest BCUT2D eigenvalue weighted by atomic mass is 9.88. The number of benzene rings is 2. The van der Waals surface area contributed by atoms with Crippen molar-refractivity contribution in [1.29, 1.82) is 0 Å². The van der Waals surface area contributed by atoms with Gasteiger partial charge in [-0.1, -0.05) is 12.1 Å². The van der Waals surface area contributed by atoms with E-state index in [0.717, 1.165) is 34.9 Å². The first-order valence-corrected chi connectivity index (χ1v) is 13.2. The van der Waals surface area contributed by atoms with E-state index in [9.17, 15) is 19.2 Å². The van der Waals surface area contributed by atoms with Crippen LogP contribution in [-0.2, 0) is 16.1 Å². The fourth-order valence-corrected chi connectivity index (χ4v) is 6.01. The van der Waals surface area contributed by atoms with E-state index in [1.807, 2.05) is 35.2 Å². The molecule has 2 aromatic carbocycles. The largest absolute Gasteiger partial charge is 0.493 e. The van der Waals surface area contributed by atoms with Crippen LogP contribution in [0.5, 0.6) is 11.5 Å². The lowest BCUT2D eigenvalue weighted by Gasteiger charge is -2.32. The average molecular weight is 531 g/mol. The van der Waals surface area contributed by atoms with E-state index in [0.29, 0.717) is 48.8 Å². The highest BCUT2D eigenvalue weighted by atomic mass is 16.5. The van der Waals surface area contributed by atoms with E-state index in [1.54, 1.807) is 19.1 Å². The second kappa shape index (κ2) is 9.76. The van der Waals surface area contributed by atoms with Crippen LogP contribution in [0.25, 0.3) is 10.9 Å². The zero-order valence-electron chi connectivity index (χ0n) is 21.9. The van der Waals surface area contributed by atoms with Gasteiger partial charge in [-0.3, -0.25) is 24.5 Å². The predicted molar refractivity (Wildman–Crippen MR) is 142 cm³/mol. The highest BCUT2D eigenvalue weighted by Crippen LogP contribution is 2.35. The number of carbonyl (C=O) groups excluding carboxylic acids is 4. The number of carbonyl (C=O) groups is 4. The third kappa shape index (κ3) is 4.39. The number of methoxy groups -OCH3 is 2. The molecule has 0 bridgehead atoms. The number of hydrogen-bond donors (Lipinski definition) is 2. The molecular formula is C29H30N4O6. The Balaban J connectivity index is 1.12. The Morgan fingerprint density at radius 3 is 2.41 bits per heavy atom. The van der Waals surface area contributed by atoms with Gasteiger partial charge < -0.3 is 24.3 Å². The zero-order valence-corrected chi connectivity index (χ0v) is 21.9. The van der Waals surface area contributed by atoms with Gasteiger partial charge in [0.2, 0.25) is 11.8 Å². The number of nitrogens with zero attached hydrogens (tertiary/aromatic N) is 2. The first-order valence-electron chi connectivity index (χ1n) is 13.2. The normalized spacial score (nSPS) is 19.8. The number of aromatic amines is 1. The van der Waals surface area contributed by atoms with Crippen molar-refractivity contribution >= 4 is 34.5 Å². The number of rotatable bonds is 5. The number of imide groups is 1. The van der Waals surface area contributed by atoms with Gasteiger partial charge >= 0.3 is 0 Å². The maximum Gasteiger partial charge on any atom is 0.270 e. The van der Waals surface area contributed by atoms with Crippen LogP contribution in [0, 0.1) is 0 Å². The summed E-state index contributed by atoms with van der Waals surface area (Å²) in [5, 5.41) is 3.22. The molecule has 0 radical (unpaired) electrons. The van der Waals surface area contributed by atoms with E-state index in [-0.39, 0.29) is 30.1 Å². The molecule has 10 nitrogen and oxygen atoms in total. The second-order valence-electron chi connectivity index (χ2n) is 10.4. The van der Waals surface area contributed by atoms with Crippen molar-refractivity contribution in [1.82, 2.24) is 20.1 Å². The van der Waals surface area contributed by atoms with Crippen LogP contribution in [0.1, 0.15) is 63.6 Å². The van der Waals surface area contributed by atoms with Crippen molar-refractivity contribution in [3.05, 3.63) is 58.8 Å². The molecule has 10 heteroatoms. The van der Waals surface area contributed by atoms with Gasteiger partial charge in [0.15, 0.2) is 11.5 Å². The molecule has 4 heterocycles. The summed E-state index contributed by atoms with van der Waals surface area (Å²) in [5.41, 5.74) is 4.00. The Hall–Kier alpha value is -4.34. The number of ether oxygens (including phenoxy) is 2. The lowest BCUT2D eigenvalue weighted by Crippen LogP contribution is -2.52. The van der Waals surface area contributed by atoms with Gasteiger partial charge in [-0.2, -0.15) is 0 Å². The Labute approximate surface area is 225 Å². The van der Waals surface area contributed by atoms with Crippen molar-refractivity contribution in [2.75, 3.05) is 27.3 Å². The number of amides is 4. The van der Waals surface area contributed by atoms with E-state index in [4.69, 9.17) is 9.47 Å². The Morgan fingerprint density at radius 2 is 1.69 bits per heavy atom. The van der Waals surface area contributed by atoms with Crippen LogP contribution in [-0.4, -0.2) is 71.8 Å². The van der Waals surface area contributed by atoms with Crippen LogP contribution in [0.15, 0.2) is 36.4 Å². The number of nitrogens with one attached hydrogen (secondary N) is 2. The third-order valence-electron chi connectivity index (χ3n) is 8.16. The average Bonchev–Trinajstić information content (AvgIpc) is 3.52. The quantitative estimate of drug-likeness (QED) is 0.490. The molecule has 1 unspecified atom stereocenters. The molecule has 2 N–H and O–H groups in total. The first-order chi connectivity index (χ1) is 18.9. The first kappa shape index (κ1) is 25.0. The van der Waals surface area contributed by atoms with Gasteiger partial charge in [0.25, 0.3) is 11.8 Å². The van der Waals surface area contributed by atoms with Crippen LogP contribution < -0.4 is 14.8 Å². The summed E-state index contributed by atoms with van der Waals surface area (Å²) in [4.78, 5) is 56.8. The highest BCUT2D eigenvalue weighted by molar-refractivity contribution is 6.05. The molecule has 0 spiro atoms. The number of H-pyrrole nitrogens is 1. The number of piperidine rings is 2. The predicted octanol–water partition coefficient (Wildman–Crippen LogP) is 2.97. The molecule has 0 saturated carbocycles. The van der Waals surface area contributed by atoms with Gasteiger partial charge in [0.1, 0.15) is 11.7 Å². The topological polar surface area (TPSA) is 121 Å². The fraction of sp³-hybridized carbons (Fsp3) is 0.379. The molecule has 2 saturated heterocycles. The molecular weight excluding hydrogens is 500 g/mol. The van der Waals surface area contributed by atoms with Crippen molar-refractivity contribution in [3.8, 4) is 11.5 Å². The van der Waals surface area contributed by atoms with Gasteiger partial charge in [0.05, 0.1) is 14.2 Å². The van der Waals surface area contributed by atoms with Crippen LogP contribution in [0.2, 0.25) is 0 Å². The second-order valence-corrected chi connectivity index (χ2v) is 10.4. The molecule has 0 aliphatic carbocycles. The summed E-state index contributed by atoms with van der Waals surface area (Å²) in [5.74, 6) is 0.579. The summed E-state index contributed by atoms with van der Waals surface area (Å²) in [7, 11) is 3.16. The summed E-state index contributed by atoms with van der Waals surface area (Å²) in [6.45, 7) is 1.62. The summed E-state index contributed by atoms with van der Waals surface area (Å²) in [6.07, 6.45) is 2.22. The van der Waals surface area contributed by atoms with Crippen LogP contribution in [0.4, 0.5) is 0 Å². The SMILES string of the molecule is COc1cc2cc(C(=O)N3CCC(c4ccc5c(c4)CN(C4CCC(=O)NC4=O)C5=O)CC3)[nH]c2cc1OC.